The number of benzene rings is 1. The summed E-state index contributed by atoms with van der Waals surface area (Å²) in [7, 11) is 0. The summed E-state index contributed by atoms with van der Waals surface area (Å²) < 4.78 is 7.44. The standard InChI is InChI=1S/C14H17N3O3/c1-2-7-17-13(15-10-16-17)9-20-12-5-3-11(4-6-12)8-14(18)19/h3-6,10H,2,7-9H2,1H3,(H,18,19). The van der Waals surface area contributed by atoms with Gasteiger partial charge in [0.2, 0.25) is 0 Å². The largest absolute Gasteiger partial charge is 0.486 e. The third-order valence-electron chi connectivity index (χ3n) is 2.78. The number of carbonyl (C=O) groups is 1. The van der Waals surface area contributed by atoms with Gasteiger partial charge in [0, 0.05) is 6.54 Å². The highest BCUT2D eigenvalue weighted by Gasteiger charge is 2.05. The summed E-state index contributed by atoms with van der Waals surface area (Å²) in [4.78, 5) is 14.7. The molecular weight excluding hydrogens is 258 g/mol. The average Bonchev–Trinajstić information content (AvgIpc) is 2.85. The normalized spacial score (nSPS) is 10.4. The molecule has 20 heavy (non-hydrogen) atoms. The van der Waals surface area contributed by atoms with E-state index in [1.54, 1.807) is 24.3 Å². The summed E-state index contributed by atoms with van der Waals surface area (Å²) in [6.07, 6.45) is 2.52. The van der Waals surface area contributed by atoms with Crippen LogP contribution < -0.4 is 4.74 Å². The van der Waals surface area contributed by atoms with Crippen molar-refractivity contribution in [3.05, 3.63) is 42.0 Å². The Morgan fingerprint density at radius 1 is 1.35 bits per heavy atom. The first kappa shape index (κ1) is 14.0. The molecule has 2 aromatic rings. The molecule has 1 aromatic carbocycles. The van der Waals surface area contributed by atoms with E-state index in [9.17, 15) is 4.79 Å². The van der Waals surface area contributed by atoms with E-state index in [1.165, 1.54) is 6.33 Å². The molecule has 1 N–H and O–H groups in total. The number of aryl methyl sites for hydroxylation is 1. The van der Waals surface area contributed by atoms with Crippen molar-refractivity contribution in [1.82, 2.24) is 14.8 Å². The van der Waals surface area contributed by atoms with E-state index < -0.39 is 5.97 Å². The minimum Gasteiger partial charge on any atom is -0.486 e. The zero-order valence-corrected chi connectivity index (χ0v) is 11.3. The second kappa shape index (κ2) is 6.70. The van der Waals surface area contributed by atoms with Crippen molar-refractivity contribution >= 4 is 5.97 Å². The molecule has 6 nitrogen and oxygen atoms in total. The fourth-order valence-electron chi connectivity index (χ4n) is 1.82. The molecule has 0 aliphatic rings. The monoisotopic (exact) mass is 275 g/mol. The molecule has 0 unspecified atom stereocenters. The number of carboxylic acid groups (broad SMARTS) is 1. The Labute approximate surface area is 117 Å². The zero-order chi connectivity index (χ0) is 14.4. The highest BCUT2D eigenvalue weighted by Crippen LogP contribution is 2.14. The summed E-state index contributed by atoms with van der Waals surface area (Å²) in [6.45, 7) is 3.24. The van der Waals surface area contributed by atoms with Crippen LogP contribution in [0.25, 0.3) is 0 Å². The van der Waals surface area contributed by atoms with E-state index in [1.807, 2.05) is 4.68 Å². The maximum atomic E-state index is 10.6. The van der Waals surface area contributed by atoms with Gasteiger partial charge in [-0.05, 0) is 24.1 Å². The molecule has 0 saturated carbocycles. The molecule has 1 heterocycles. The number of hydrogen-bond donors (Lipinski definition) is 1. The highest BCUT2D eigenvalue weighted by atomic mass is 16.5. The lowest BCUT2D eigenvalue weighted by Gasteiger charge is -2.07. The van der Waals surface area contributed by atoms with Gasteiger partial charge in [-0.15, -0.1) is 0 Å². The van der Waals surface area contributed by atoms with Gasteiger partial charge < -0.3 is 9.84 Å². The van der Waals surface area contributed by atoms with Crippen molar-refractivity contribution in [2.45, 2.75) is 32.9 Å². The summed E-state index contributed by atoms with van der Waals surface area (Å²) >= 11 is 0. The van der Waals surface area contributed by atoms with Crippen LogP contribution in [-0.4, -0.2) is 25.8 Å². The number of aromatic nitrogens is 3. The lowest BCUT2D eigenvalue weighted by molar-refractivity contribution is -0.136. The molecule has 0 spiro atoms. The molecule has 0 aliphatic heterocycles. The molecular formula is C14H17N3O3. The Morgan fingerprint density at radius 3 is 2.75 bits per heavy atom. The number of hydrogen-bond acceptors (Lipinski definition) is 4. The molecule has 0 fully saturated rings. The molecule has 2 rings (SSSR count). The molecule has 0 saturated heterocycles. The lowest BCUT2D eigenvalue weighted by Crippen LogP contribution is -2.08. The van der Waals surface area contributed by atoms with Crippen molar-refractivity contribution in [2.24, 2.45) is 0 Å². The smallest absolute Gasteiger partial charge is 0.307 e. The van der Waals surface area contributed by atoms with E-state index >= 15 is 0 Å². The molecule has 0 radical (unpaired) electrons. The van der Waals surface area contributed by atoms with E-state index in [2.05, 4.69) is 17.0 Å². The average molecular weight is 275 g/mol. The fraction of sp³-hybridized carbons (Fsp3) is 0.357. The fourth-order valence-corrected chi connectivity index (χ4v) is 1.82. The summed E-state index contributed by atoms with van der Waals surface area (Å²) in [6, 6.07) is 7.03. The highest BCUT2D eigenvalue weighted by molar-refractivity contribution is 5.70. The predicted molar refractivity (Wildman–Crippen MR) is 72.4 cm³/mol. The van der Waals surface area contributed by atoms with Crippen LogP contribution in [0.2, 0.25) is 0 Å². The van der Waals surface area contributed by atoms with Crippen LogP contribution in [0.15, 0.2) is 30.6 Å². The van der Waals surface area contributed by atoms with E-state index in [4.69, 9.17) is 9.84 Å². The minimum atomic E-state index is -0.841. The van der Waals surface area contributed by atoms with Gasteiger partial charge in [0.25, 0.3) is 0 Å². The number of aliphatic carboxylic acids is 1. The third kappa shape index (κ3) is 3.81. The maximum Gasteiger partial charge on any atom is 0.307 e. The molecule has 0 atom stereocenters. The quantitative estimate of drug-likeness (QED) is 0.835. The molecule has 106 valence electrons. The number of nitrogens with zero attached hydrogens (tertiary/aromatic N) is 3. The van der Waals surface area contributed by atoms with Crippen molar-refractivity contribution < 1.29 is 14.6 Å². The van der Waals surface area contributed by atoms with Gasteiger partial charge in [0.1, 0.15) is 18.7 Å². The summed E-state index contributed by atoms with van der Waals surface area (Å²) in [5, 5.41) is 12.8. The maximum absolute atomic E-state index is 10.6. The lowest BCUT2D eigenvalue weighted by atomic mass is 10.1. The van der Waals surface area contributed by atoms with Crippen molar-refractivity contribution in [3.63, 3.8) is 0 Å². The van der Waals surface area contributed by atoms with E-state index in [0.717, 1.165) is 24.4 Å². The van der Waals surface area contributed by atoms with Crippen LogP contribution in [0.5, 0.6) is 5.75 Å². The molecule has 0 bridgehead atoms. The van der Waals surface area contributed by atoms with Gasteiger partial charge in [0.05, 0.1) is 6.42 Å². The van der Waals surface area contributed by atoms with Crippen LogP contribution >= 0.6 is 0 Å². The summed E-state index contributed by atoms with van der Waals surface area (Å²) in [5.41, 5.74) is 0.749. The van der Waals surface area contributed by atoms with Gasteiger partial charge in [-0.25, -0.2) is 9.67 Å². The number of ether oxygens (including phenoxy) is 1. The van der Waals surface area contributed by atoms with Crippen LogP contribution in [0.4, 0.5) is 0 Å². The Balaban J connectivity index is 1.93. The van der Waals surface area contributed by atoms with E-state index in [0.29, 0.717) is 12.4 Å². The topological polar surface area (TPSA) is 77.2 Å². The molecule has 1 aromatic heterocycles. The van der Waals surface area contributed by atoms with Crippen molar-refractivity contribution in [2.75, 3.05) is 0 Å². The Kier molecular flexibility index (Phi) is 4.70. The molecule has 0 amide bonds. The Bertz CT molecular complexity index is 563. The van der Waals surface area contributed by atoms with Crippen LogP contribution in [0.3, 0.4) is 0 Å². The SMILES string of the molecule is CCCn1ncnc1COc1ccc(CC(=O)O)cc1. The van der Waals surface area contributed by atoms with Gasteiger partial charge in [-0.2, -0.15) is 5.10 Å². The summed E-state index contributed by atoms with van der Waals surface area (Å²) in [5.74, 6) is 0.623. The molecule has 0 aliphatic carbocycles. The van der Waals surface area contributed by atoms with Crippen molar-refractivity contribution in [3.8, 4) is 5.75 Å². The second-order valence-electron chi connectivity index (χ2n) is 4.40. The van der Waals surface area contributed by atoms with Gasteiger partial charge >= 0.3 is 5.97 Å². The predicted octanol–water partition coefficient (Wildman–Crippen LogP) is 1.89. The van der Waals surface area contributed by atoms with Gasteiger partial charge in [-0.1, -0.05) is 19.1 Å². The number of rotatable bonds is 7. The van der Waals surface area contributed by atoms with Crippen LogP contribution in [0.1, 0.15) is 24.7 Å². The van der Waals surface area contributed by atoms with Crippen molar-refractivity contribution in [1.29, 1.82) is 0 Å². The minimum absolute atomic E-state index is 0.0190. The van der Waals surface area contributed by atoms with Crippen LogP contribution in [0, 0.1) is 0 Å². The van der Waals surface area contributed by atoms with Gasteiger partial charge in [-0.3, -0.25) is 4.79 Å². The van der Waals surface area contributed by atoms with Gasteiger partial charge in [0.15, 0.2) is 5.82 Å². The van der Waals surface area contributed by atoms with Crippen LogP contribution in [-0.2, 0) is 24.4 Å². The number of carboxylic acids is 1. The third-order valence-corrected chi connectivity index (χ3v) is 2.78. The second-order valence-corrected chi connectivity index (χ2v) is 4.40. The Morgan fingerprint density at radius 2 is 2.10 bits per heavy atom. The first-order valence-electron chi connectivity index (χ1n) is 6.49. The first-order chi connectivity index (χ1) is 9.69. The zero-order valence-electron chi connectivity index (χ0n) is 11.3. The first-order valence-corrected chi connectivity index (χ1v) is 6.49. The Hall–Kier alpha value is -2.37. The van der Waals surface area contributed by atoms with E-state index in [-0.39, 0.29) is 6.42 Å². The molecule has 6 heteroatoms.